The highest BCUT2D eigenvalue weighted by Gasteiger charge is 2.65. The molecule has 0 radical (unpaired) electrons. The standard InChI is InChI=1S/C47H84N6O5/c1-3-24-40-26-22-31-47(58-40)43(41-29-28-38-37-46(50-45(51-47)53(38)41)30-18-17-25-39(4-2)57-46)44(55)56-36-21-15-13-11-9-7-5-6-8-10-12-14-16-27-42(54)52(35-23-33-49)34-20-19-32-48/h17,25,38-41,43H,3-16,18-24,26-37,48-49H2,1-2H3,(H,50,51)/p+1/t38-,39-,40+,41+,43+,46-,47+/m1/s1. The summed E-state index contributed by atoms with van der Waals surface area (Å²) in [6.45, 7) is 7.81. The maximum Gasteiger partial charge on any atom is 0.350 e. The van der Waals surface area contributed by atoms with Gasteiger partial charge in [-0.15, -0.1) is 0 Å². The van der Waals surface area contributed by atoms with E-state index in [9.17, 15) is 9.59 Å². The number of rotatable bonds is 27. The molecule has 5 aliphatic rings. The van der Waals surface area contributed by atoms with Crippen LogP contribution in [0.3, 0.4) is 0 Å². The molecule has 5 heterocycles. The quantitative estimate of drug-likeness (QED) is 0.0282. The molecule has 0 unspecified atom stereocenters. The molecule has 0 bridgehead atoms. The first-order chi connectivity index (χ1) is 28.4. The molecule has 2 saturated heterocycles. The van der Waals surface area contributed by atoms with E-state index in [1.54, 1.807) is 0 Å². The molecule has 11 heteroatoms. The van der Waals surface area contributed by atoms with Crippen molar-refractivity contribution in [2.45, 2.75) is 229 Å². The van der Waals surface area contributed by atoms with Crippen molar-refractivity contribution in [2.24, 2.45) is 17.4 Å². The number of hydrogen-bond donors (Lipinski definition) is 4. The van der Waals surface area contributed by atoms with Crippen LogP contribution in [0.15, 0.2) is 12.2 Å². The van der Waals surface area contributed by atoms with E-state index >= 15 is 0 Å². The Bertz CT molecular complexity index is 1290. The highest BCUT2D eigenvalue weighted by Crippen LogP contribution is 2.46. The SMILES string of the molecule is CCC[C@H]1CCC[C@]2(NC3=[N+]4[C@H](CC[C@H]4[C@H]2C(=O)OCCCCCCCCCCCCCCCC(=O)N(CCCN)CCCCN)C[C@]2(CCC=C[C@@H](CC)O2)N3)O1. The van der Waals surface area contributed by atoms with Gasteiger partial charge in [0.05, 0.1) is 30.9 Å². The minimum absolute atomic E-state index is 0.0698. The first-order valence-corrected chi connectivity index (χ1v) is 24.5. The zero-order valence-electron chi connectivity index (χ0n) is 37.0. The number of ether oxygens (including phenoxy) is 3. The lowest BCUT2D eigenvalue weighted by molar-refractivity contribution is -0.609. The third-order valence-corrected chi connectivity index (χ3v) is 13.7. The Balaban J connectivity index is 0.970. The number of amides is 1. The zero-order valence-corrected chi connectivity index (χ0v) is 37.0. The van der Waals surface area contributed by atoms with Crippen LogP contribution in [0.25, 0.3) is 0 Å². The Morgan fingerprint density at radius 2 is 1.52 bits per heavy atom. The number of hydrogen-bond acceptors (Lipinski definition) is 9. The highest BCUT2D eigenvalue weighted by atomic mass is 16.6. The molecule has 6 N–H and O–H groups in total. The van der Waals surface area contributed by atoms with Crippen molar-refractivity contribution in [3.8, 4) is 0 Å². The summed E-state index contributed by atoms with van der Waals surface area (Å²) < 4.78 is 22.5. The minimum atomic E-state index is -0.753. The molecule has 0 aromatic carbocycles. The Morgan fingerprint density at radius 3 is 2.21 bits per heavy atom. The Kier molecular flexibility index (Phi) is 20.1. The number of nitrogens with zero attached hydrogens (tertiary/aromatic N) is 2. The fraction of sp³-hybridized carbons (Fsp3) is 0.894. The molecule has 1 amide bonds. The van der Waals surface area contributed by atoms with Gasteiger partial charge in [0.2, 0.25) is 11.6 Å². The molecule has 0 aliphatic carbocycles. The van der Waals surface area contributed by atoms with Crippen LogP contribution in [0.5, 0.6) is 0 Å². The van der Waals surface area contributed by atoms with Gasteiger partial charge in [-0.05, 0) is 90.1 Å². The van der Waals surface area contributed by atoms with Crippen LogP contribution in [0.2, 0.25) is 0 Å². The fourth-order valence-electron chi connectivity index (χ4n) is 10.6. The van der Waals surface area contributed by atoms with Crippen molar-refractivity contribution in [2.75, 3.05) is 32.8 Å². The lowest BCUT2D eigenvalue weighted by Gasteiger charge is -2.50. The molecule has 2 fully saturated rings. The minimum Gasteiger partial charge on any atom is -0.465 e. The van der Waals surface area contributed by atoms with E-state index in [0.717, 1.165) is 135 Å². The van der Waals surface area contributed by atoms with Gasteiger partial charge in [0.1, 0.15) is 0 Å². The van der Waals surface area contributed by atoms with Gasteiger partial charge in [-0.2, -0.15) is 0 Å². The number of esters is 1. The van der Waals surface area contributed by atoms with Gasteiger partial charge in [0.25, 0.3) is 0 Å². The van der Waals surface area contributed by atoms with E-state index in [-0.39, 0.29) is 36.0 Å². The summed E-state index contributed by atoms with van der Waals surface area (Å²) >= 11 is 0. The molecule has 0 aromatic heterocycles. The first-order valence-electron chi connectivity index (χ1n) is 24.5. The number of nitrogens with one attached hydrogen (secondary N) is 2. The number of guanidine groups is 1. The topological polar surface area (TPSA) is 144 Å². The molecule has 0 saturated carbocycles. The average molecular weight is 814 g/mol. The van der Waals surface area contributed by atoms with Crippen molar-refractivity contribution >= 4 is 17.8 Å². The summed E-state index contributed by atoms with van der Waals surface area (Å²) in [6.07, 6.45) is 34.7. The molecule has 5 rings (SSSR count). The van der Waals surface area contributed by atoms with Crippen LogP contribution >= 0.6 is 0 Å². The molecular formula is C47H85N6O5+. The summed E-state index contributed by atoms with van der Waals surface area (Å²) in [4.78, 5) is 28.9. The van der Waals surface area contributed by atoms with Crippen LogP contribution in [0.1, 0.15) is 194 Å². The van der Waals surface area contributed by atoms with Crippen LogP contribution in [0.4, 0.5) is 0 Å². The molecule has 11 nitrogen and oxygen atoms in total. The summed E-state index contributed by atoms with van der Waals surface area (Å²) in [5.41, 5.74) is 10.2. The number of allylic oxidation sites excluding steroid dienone is 1. The van der Waals surface area contributed by atoms with Gasteiger partial charge in [-0.1, -0.05) is 103 Å². The predicted molar refractivity (Wildman–Crippen MR) is 233 cm³/mol. The molecule has 5 aliphatic heterocycles. The second kappa shape index (κ2) is 24.9. The largest absolute Gasteiger partial charge is 0.465 e. The van der Waals surface area contributed by atoms with E-state index in [2.05, 4.69) is 41.2 Å². The van der Waals surface area contributed by atoms with Crippen molar-refractivity contribution < 1.29 is 28.4 Å². The molecule has 332 valence electrons. The van der Waals surface area contributed by atoms with E-state index in [0.29, 0.717) is 32.2 Å². The predicted octanol–water partition coefficient (Wildman–Crippen LogP) is 7.93. The maximum atomic E-state index is 14.2. The summed E-state index contributed by atoms with van der Waals surface area (Å²) in [5, 5.41) is 7.77. The Morgan fingerprint density at radius 1 is 0.828 bits per heavy atom. The van der Waals surface area contributed by atoms with Gasteiger partial charge in [0.15, 0.2) is 11.6 Å². The smallest absolute Gasteiger partial charge is 0.350 e. The van der Waals surface area contributed by atoms with Gasteiger partial charge in [-0.3, -0.25) is 14.2 Å². The lowest BCUT2D eigenvalue weighted by atomic mass is 9.80. The van der Waals surface area contributed by atoms with E-state index in [1.165, 1.54) is 57.8 Å². The summed E-state index contributed by atoms with van der Waals surface area (Å²) in [7, 11) is 0. The Labute approximate surface area is 352 Å². The average Bonchev–Trinajstić information content (AvgIpc) is 3.52. The summed E-state index contributed by atoms with van der Waals surface area (Å²) in [5.74, 6) is 0.865. The number of carbonyl (C=O) groups is 2. The molecule has 58 heavy (non-hydrogen) atoms. The van der Waals surface area contributed by atoms with Gasteiger partial charge < -0.3 is 30.6 Å². The van der Waals surface area contributed by atoms with Crippen LogP contribution in [-0.2, 0) is 23.8 Å². The first kappa shape index (κ1) is 46.8. The van der Waals surface area contributed by atoms with Crippen molar-refractivity contribution in [1.29, 1.82) is 0 Å². The molecular weight excluding hydrogens is 729 g/mol. The molecule has 2 spiro atoms. The third kappa shape index (κ3) is 13.4. The highest BCUT2D eigenvalue weighted by molar-refractivity contribution is 5.82. The monoisotopic (exact) mass is 814 g/mol. The fourth-order valence-corrected chi connectivity index (χ4v) is 10.6. The second-order valence-corrected chi connectivity index (χ2v) is 18.4. The van der Waals surface area contributed by atoms with Crippen molar-refractivity contribution in [3.63, 3.8) is 0 Å². The van der Waals surface area contributed by atoms with Gasteiger partial charge in [0, 0.05) is 38.8 Å². The van der Waals surface area contributed by atoms with Gasteiger partial charge >= 0.3 is 11.9 Å². The van der Waals surface area contributed by atoms with Crippen molar-refractivity contribution in [1.82, 2.24) is 15.5 Å². The number of unbranched alkanes of at least 4 members (excludes halogenated alkanes) is 13. The van der Waals surface area contributed by atoms with E-state index < -0.39 is 11.4 Å². The normalized spacial score (nSPS) is 28.9. The second-order valence-electron chi connectivity index (χ2n) is 18.4. The van der Waals surface area contributed by atoms with Crippen molar-refractivity contribution in [3.05, 3.63) is 12.2 Å². The number of carbonyl (C=O) groups excluding carboxylic acids is 2. The number of nitrogens with two attached hydrogens (primary N) is 2. The zero-order chi connectivity index (χ0) is 41.1. The maximum absolute atomic E-state index is 14.2. The Hall–Kier alpha value is -2.21. The van der Waals surface area contributed by atoms with E-state index in [1.807, 2.05) is 4.90 Å². The third-order valence-electron chi connectivity index (χ3n) is 13.7. The van der Waals surface area contributed by atoms with Crippen LogP contribution < -0.4 is 22.1 Å². The summed E-state index contributed by atoms with van der Waals surface area (Å²) in [6, 6.07) is 0.404. The molecule has 7 atom stereocenters. The lowest BCUT2D eigenvalue weighted by Crippen LogP contribution is -2.76. The van der Waals surface area contributed by atoms with E-state index in [4.69, 9.17) is 25.7 Å². The van der Waals surface area contributed by atoms with Crippen LogP contribution in [0, 0.1) is 5.92 Å². The van der Waals surface area contributed by atoms with Gasteiger partial charge in [-0.25, -0.2) is 10.6 Å². The van der Waals surface area contributed by atoms with Crippen LogP contribution in [-0.4, -0.2) is 95.8 Å². The molecule has 0 aromatic rings.